The van der Waals surface area contributed by atoms with Crippen molar-refractivity contribution in [2.24, 2.45) is 0 Å². The fraction of sp³-hybridized carbons (Fsp3) is 0.321. The van der Waals surface area contributed by atoms with Gasteiger partial charge in [0, 0.05) is 17.7 Å². The summed E-state index contributed by atoms with van der Waals surface area (Å²) < 4.78 is 14.3. The first kappa shape index (κ1) is 25.1. The number of carbonyl (C=O) groups is 2. The molecule has 0 saturated carbocycles. The molecule has 5 rings (SSSR count). The van der Waals surface area contributed by atoms with Gasteiger partial charge in [-0.05, 0) is 69.6 Å². The Balaban J connectivity index is 1.26. The number of anilines is 1. The summed E-state index contributed by atoms with van der Waals surface area (Å²) in [6.07, 6.45) is 3.79. The number of fused-ring (bicyclic) bond motifs is 1. The lowest BCUT2D eigenvalue weighted by Gasteiger charge is -2.27. The molecule has 4 aromatic rings. The van der Waals surface area contributed by atoms with Crippen molar-refractivity contribution < 1.29 is 14.0 Å². The number of nitrogens with zero attached hydrogens (tertiary/aromatic N) is 2. The first-order chi connectivity index (χ1) is 17.8. The Morgan fingerprint density at radius 2 is 1.78 bits per heavy atom. The number of aromatic amines is 1. The summed E-state index contributed by atoms with van der Waals surface area (Å²) in [5.74, 6) is -0.610. The quantitative estimate of drug-likeness (QED) is 0.294. The van der Waals surface area contributed by atoms with E-state index in [4.69, 9.17) is 0 Å². The van der Waals surface area contributed by atoms with Crippen LogP contribution in [0.3, 0.4) is 0 Å². The van der Waals surface area contributed by atoms with E-state index in [1.807, 2.05) is 24.3 Å². The smallest absolute Gasteiger partial charge is 0.262 e. The molecule has 1 aliphatic rings. The second kappa shape index (κ2) is 10.4. The highest BCUT2D eigenvalue weighted by Gasteiger charge is 2.27. The van der Waals surface area contributed by atoms with Gasteiger partial charge >= 0.3 is 0 Å². The molecule has 1 fully saturated rings. The minimum atomic E-state index is -0.907. The van der Waals surface area contributed by atoms with Gasteiger partial charge in [0.2, 0.25) is 0 Å². The lowest BCUT2D eigenvalue weighted by Crippen LogP contribution is -2.41. The van der Waals surface area contributed by atoms with E-state index in [1.54, 1.807) is 38.1 Å². The maximum absolute atomic E-state index is 14.3. The number of thiophene rings is 1. The minimum absolute atomic E-state index is 0.268. The van der Waals surface area contributed by atoms with Crippen LogP contribution in [-0.4, -0.2) is 40.0 Å². The molecule has 2 aromatic heterocycles. The molecule has 7 nitrogen and oxygen atoms in total. The van der Waals surface area contributed by atoms with E-state index in [-0.39, 0.29) is 17.6 Å². The third-order valence-corrected chi connectivity index (χ3v) is 7.79. The number of benzene rings is 2. The summed E-state index contributed by atoms with van der Waals surface area (Å²) in [6.45, 7) is 6.66. The Hall–Kier alpha value is -3.56. The van der Waals surface area contributed by atoms with Crippen LogP contribution in [0.4, 0.5) is 10.2 Å². The fourth-order valence-electron chi connectivity index (χ4n) is 4.72. The highest BCUT2D eigenvalue weighted by molar-refractivity contribution is 7.20. The summed E-state index contributed by atoms with van der Waals surface area (Å²) in [5.41, 5.74) is 1.23. The molecule has 3 N–H and O–H groups in total. The predicted molar refractivity (Wildman–Crippen MR) is 144 cm³/mol. The number of hydrogen-bond acceptors (Lipinski definition) is 5. The SMILES string of the molecule is CC(C)(NC(=O)c1cc2c(NC(=O)c3ccc(CN4CCCCC4)cc3)n[nH]c2s1)c1ccccc1F. The van der Waals surface area contributed by atoms with Gasteiger partial charge in [0.05, 0.1) is 15.8 Å². The third kappa shape index (κ3) is 5.57. The Bertz CT molecular complexity index is 1420. The minimum Gasteiger partial charge on any atom is -0.342 e. The molecule has 0 radical (unpaired) electrons. The van der Waals surface area contributed by atoms with E-state index < -0.39 is 5.54 Å². The van der Waals surface area contributed by atoms with Crippen molar-refractivity contribution in [2.45, 2.75) is 45.2 Å². The summed E-state index contributed by atoms with van der Waals surface area (Å²) >= 11 is 1.23. The number of amides is 2. The average Bonchev–Trinajstić information content (AvgIpc) is 3.47. The summed E-state index contributed by atoms with van der Waals surface area (Å²) in [5, 5.41) is 13.5. The number of H-pyrrole nitrogens is 1. The van der Waals surface area contributed by atoms with Crippen molar-refractivity contribution in [3.05, 3.63) is 82.0 Å². The van der Waals surface area contributed by atoms with Crippen LogP contribution in [0.15, 0.2) is 54.6 Å². The van der Waals surface area contributed by atoms with Crippen LogP contribution < -0.4 is 10.6 Å². The molecule has 0 spiro atoms. The van der Waals surface area contributed by atoms with Crippen LogP contribution in [0.5, 0.6) is 0 Å². The zero-order valence-electron chi connectivity index (χ0n) is 20.9. The van der Waals surface area contributed by atoms with Gasteiger partial charge in [-0.25, -0.2) is 4.39 Å². The molecule has 192 valence electrons. The molecule has 37 heavy (non-hydrogen) atoms. The van der Waals surface area contributed by atoms with Crippen molar-refractivity contribution in [1.82, 2.24) is 20.4 Å². The largest absolute Gasteiger partial charge is 0.342 e. The molecule has 2 aromatic carbocycles. The zero-order chi connectivity index (χ0) is 26.0. The maximum atomic E-state index is 14.3. The summed E-state index contributed by atoms with van der Waals surface area (Å²) in [4.78, 5) is 29.4. The lowest BCUT2D eigenvalue weighted by molar-refractivity contribution is 0.0914. The van der Waals surface area contributed by atoms with Crippen LogP contribution in [0.2, 0.25) is 0 Å². The molecule has 2 amide bonds. The Labute approximate surface area is 219 Å². The van der Waals surface area contributed by atoms with Crippen LogP contribution >= 0.6 is 11.3 Å². The number of hydrogen-bond donors (Lipinski definition) is 3. The van der Waals surface area contributed by atoms with Crippen molar-refractivity contribution in [3.63, 3.8) is 0 Å². The standard InChI is InChI=1S/C28H30FN5O2S/c1-28(2,21-8-4-5-9-22(21)29)31-26(36)23-16-20-24(32-33-27(20)37-23)30-25(35)19-12-10-18(11-13-19)17-34-14-6-3-7-15-34/h4-5,8-13,16H,3,6-7,14-15,17H2,1-2H3,(H,31,36)(H2,30,32,33,35). The van der Waals surface area contributed by atoms with Gasteiger partial charge in [-0.2, -0.15) is 5.10 Å². The van der Waals surface area contributed by atoms with E-state index in [9.17, 15) is 14.0 Å². The highest BCUT2D eigenvalue weighted by Crippen LogP contribution is 2.31. The van der Waals surface area contributed by atoms with E-state index in [0.29, 0.717) is 32.0 Å². The van der Waals surface area contributed by atoms with E-state index >= 15 is 0 Å². The number of nitrogens with one attached hydrogen (secondary N) is 3. The second-order valence-electron chi connectivity index (χ2n) is 9.97. The molecule has 0 bridgehead atoms. The number of halogens is 1. The Morgan fingerprint density at radius 1 is 1.05 bits per heavy atom. The number of aromatic nitrogens is 2. The van der Waals surface area contributed by atoms with Gasteiger partial charge in [-0.15, -0.1) is 11.3 Å². The second-order valence-corrected chi connectivity index (χ2v) is 11.0. The number of carbonyl (C=O) groups excluding carboxylic acids is 2. The van der Waals surface area contributed by atoms with Crippen molar-refractivity contribution >= 4 is 39.2 Å². The van der Waals surface area contributed by atoms with Crippen LogP contribution in [0.1, 0.15) is 64.3 Å². The van der Waals surface area contributed by atoms with Gasteiger partial charge in [0.25, 0.3) is 11.8 Å². The molecule has 3 heterocycles. The van der Waals surface area contributed by atoms with E-state index in [2.05, 4.69) is 25.7 Å². The molecular weight excluding hydrogens is 489 g/mol. The normalized spacial score (nSPS) is 14.6. The maximum Gasteiger partial charge on any atom is 0.262 e. The van der Waals surface area contributed by atoms with E-state index in [0.717, 1.165) is 19.6 Å². The van der Waals surface area contributed by atoms with Gasteiger partial charge in [-0.3, -0.25) is 19.6 Å². The first-order valence-electron chi connectivity index (χ1n) is 12.5. The molecule has 0 unspecified atom stereocenters. The monoisotopic (exact) mass is 519 g/mol. The highest BCUT2D eigenvalue weighted by atomic mass is 32.1. The number of piperidine rings is 1. The van der Waals surface area contributed by atoms with Gasteiger partial charge in [0.1, 0.15) is 10.6 Å². The Morgan fingerprint density at radius 3 is 2.51 bits per heavy atom. The van der Waals surface area contributed by atoms with Crippen molar-refractivity contribution in [2.75, 3.05) is 18.4 Å². The molecule has 1 aliphatic heterocycles. The molecule has 1 saturated heterocycles. The zero-order valence-corrected chi connectivity index (χ0v) is 21.8. The molecular formula is C28H30FN5O2S. The third-order valence-electron chi connectivity index (χ3n) is 6.76. The van der Waals surface area contributed by atoms with Crippen molar-refractivity contribution in [3.8, 4) is 0 Å². The van der Waals surface area contributed by atoms with Crippen LogP contribution in [0, 0.1) is 5.82 Å². The predicted octanol–water partition coefficient (Wildman–Crippen LogP) is 5.67. The molecule has 0 atom stereocenters. The molecule has 0 aliphatic carbocycles. The average molecular weight is 520 g/mol. The fourth-order valence-corrected chi connectivity index (χ4v) is 5.62. The van der Waals surface area contributed by atoms with Crippen LogP contribution in [0.25, 0.3) is 10.2 Å². The lowest BCUT2D eigenvalue weighted by atomic mass is 9.93. The van der Waals surface area contributed by atoms with Gasteiger partial charge in [0.15, 0.2) is 5.82 Å². The first-order valence-corrected chi connectivity index (χ1v) is 13.3. The summed E-state index contributed by atoms with van der Waals surface area (Å²) in [7, 11) is 0. The molecule has 9 heteroatoms. The summed E-state index contributed by atoms with van der Waals surface area (Å²) in [6, 6.07) is 15.7. The van der Waals surface area contributed by atoms with Gasteiger partial charge in [-0.1, -0.05) is 36.8 Å². The topological polar surface area (TPSA) is 90.1 Å². The number of likely N-dealkylation sites (tertiary alicyclic amines) is 1. The number of rotatable bonds is 7. The van der Waals surface area contributed by atoms with Crippen LogP contribution in [-0.2, 0) is 12.1 Å². The Kier molecular flexibility index (Phi) is 7.08. The van der Waals surface area contributed by atoms with Crippen molar-refractivity contribution in [1.29, 1.82) is 0 Å². The van der Waals surface area contributed by atoms with E-state index in [1.165, 1.54) is 42.2 Å². The van der Waals surface area contributed by atoms with Gasteiger partial charge < -0.3 is 10.6 Å².